The van der Waals surface area contributed by atoms with E-state index in [9.17, 15) is 4.79 Å². The van der Waals surface area contributed by atoms with E-state index in [1.807, 2.05) is 45.0 Å². The SMILES string of the molecule is COC(C)CNC(=O)C(C)(C)c1ccc(N)cc1. The van der Waals surface area contributed by atoms with E-state index in [0.29, 0.717) is 12.2 Å². The normalized spacial score (nSPS) is 13.1. The smallest absolute Gasteiger partial charge is 0.230 e. The molecule has 1 unspecified atom stereocenters. The Labute approximate surface area is 109 Å². The molecular formula is C14H22N2O2. The molecule has 4 heteroatoms. The van der Waals surface area contributed by atoms with E-state index in [1.54, 1.807) is 7.11 Å². The topological polar surface area (TPSA) is 64.3 Å². The third-order valence-electron chi connectivity index (χ3n) is 3.15. The van der Waals surface area contributed by atoms with Crippen molar-refractivity contribution in [1.82, 2.24) is 5.32 Å². The number of rotatable bonds is 5. The Morgan fingerprint density at radius 2 is 1.94 bits per heavy atom. The molecule has 0 heterocycles. The van der Waals surface area contributed by atoms with Crippen LogP contribution in [0.1, 0.15) is 26.3 Å². The summed E-state index contributed by atoms with van der Waals surface area (Å²) in [5.74, 6) is -0.0174. The zero-order chi connectivity index (χ0) is 13.8. The summed E-state index contributed by atoms with van der Waals surface area (Å²) in [4.78, 5) is 12.2. The maximum absolute atomic E-state index is 12.2. The third-order valence-corrected chi connectivity index (χ3v) is 3.15. The number of anilines is 1. The van der Waals surface area contributed by atoms with Crippen LogP contribution in [-0.2, 0) is 14.9 Å². The summed E-state index contributed by atoms with van der Waals surface area (Å²) in [5, 5.41) is 2.89. The summed E-state index contributed by atoms with van der Waals surface area (Å²) in [5.41, 5.74) is 6.70. The van der Waals surface area contributed by atoms with Crippen molar-refractivity contribution in [2.75, 3.05) is 19.4 Å². The Hall–Kier alpha value is -1.55. The molecule has 1 atom stereocenters. The van der Waals surface area contributed by atoms with Crippen LogP contribution in [-0.4, -0.2) is 25.7 Å². The van der Waals surface area contributed by atoms with Gasteiger partial charge in [-0.25, -0.2) is 0 Å². The molecule has 18 heavy (non-hydrogen) atoms. The Balaban J connectivity index is 2.73. The molecule has 1 amide bonds. The monoisotopic (exact) mass is 250 g/mol. The van der Waals surface area contributed by atoms with Crippen LogP contribution in [0, 0.1) is 0 Å². The molecule has 0 bridgehead atoms. The molecule has 0 spiro atoms. The van der Waals surface area contributed by atoms with E-state index < -0.39 is 5.41 Å². The first-order valence-electron chi connectivity index (χ1n) is 6.05. The Kier molecular flexibility index (Phi) is 4.73. The highest BCUT2D eigenvalue weighted by molar-refractivity contribution is 5.87. The van der Waals surface area contributed by atoms with Gasteiger partial charge in [-0.15, -0.1) is 0 Å². The second-order valence-corrected chi connectivity index (χ2v) is 5.00. The van der Waals surface area contributed by atoms with Crippen molar-refractivity contribution in [2.45, 2.75) is 32.3 Å². The van der Waals surface area contributed by atoms with Crippen molar-refractivity contribution >= 4 is 11.6 Å². The summed E-state index contributed by atoms with van der Waals surface area (Å²) in [6.45, 7) is 6.21. The van der Waals surface area contributed by atoms with Crippen LogP contribution in [0.15, 0.2) is 24.3 Å². The lowest BCUT2D eigenvalue weighted by atomic mass is 9.83. The number of nitrogens with one attached hydrogen (secondary N) is 1. The van der Waals surface area contributed by atoms with E-state index >= 15 is 0 Å². The molecule has 4 nitrogen and oxygen atoms in total. The first-order chi connectivity index (χ1) is 8.37. The van der Waals surface area contributed by atoms with E-state index in [1.165, 1.54) is 0 Å². The molecule has 1 aromatic rings. The van der Waals surface area contributed by atoms with E-state index in [2.05, 4.69) is 5.32 Å². The van der Waals surface area contributed by atoms with Gasteiger partial charge in [0.2, 0.25) is 5.91 Å². The third kappa shape index (κ3) is 3.47. The van der Waals surface area contributed by atoms with Gasteiger partial charge in [0.15, 0.2) is 0 Å². The molecule has 3 N–H and O–H groups in total. The highest BCUT2D eigenvalue weighted by Gasteiger charge is 2.29. The molecule has 0 aliphatic heterocycles. The van der Waals surface area contributed by atoms with Gasteiger partial charge >= 0.3 is 0 Å². The molecule has 100 valence electrons. The Morgan fingerprint density at radius 3 is 2.44 bits per heavy atom. The van der Waals surface area contributed by atoms with Crippen molar-refractivity contribution in [3.05, 3.63) is 29.8 Å². The van der Waals surface area contributed by atoms with Crippen LogP contribution in [0.2, 0.25) is 0 Å². The number of nitrogen functional groups attached to an aromatic ring is 1. The molecule has 0 saturated carbocycles. The van der Waals surface area contributed by atoms with Crippen LogP contribution in [0.25, 0.3) is 0 Å². The number of amides is 1. The highest BCUT2D eigenvalue weighted by Crippen LogP contribution is 2.24. The number of nitrogens with two attached hydrogens (primary N) is 1. The van der Waals surface area contributed by atoms with Gasteiger partial charge in [0.1, 0.15) is 0 Å². The molecule has 0 aliphatic rings. The minimum atomic E-state index is -0.582. The number of hydrogen-bond donors (Lipinski definition) is 2. The van der Waals surface area contributed by atoms with Gasteiger partial charge in [-0.3, -0.25) is 4.79 Å². The van der Waals surface area contributed by atoms with Gasteiger partial charge in [0.25, 0.3) is 0 Å². The van der Waals surface area contributed by atoms with Gasteiger partial charge in [0, 0.05) is 19.3 Å². The van der Waals surface area contributed by atoms with Gasteiger partial charge in [0.05, 0.1) is 11.5 Å². The zero-order valence-electron chi connectivity index (χ0n) is 11.5. The van der Waals surface area contributed by atoms with Crippen molar-refractivity contribution in [1.29, 1.82) is 0 Å². The maximum Gasteiger partial charge on any atom is 0.230 e. The summed E-state index contributed by atoms with van der Waals surface area (Å²) in [7, 11) is 1.63. The maximum atomic E-state index is 12.2. The van der Waals surface area contributed by atoms with Gasteiger partial charge in [-0.2, -0.15) is 0 Å². The minimum Gasteiger partial charge on any atom is -0.399 e. The summed E-state index contributed by atoms with van der Waals surface area (Å²) >= 11 is 0. The molecule has 0 saturated heterocycles. The van der Waals surface area contributed by atoms with Crippen LogP contribution in [0.4, 0.5) is 5.69 Å². The second kappa shape index (κ2) is 5.87. The lowest BCUT2D eigenvalue weighted by Gasteiger charge is -2.25. The average molecular weight is 250 g/mol. The standard InChI is InChI=1S/C14H22N2O2/c1-10(18-4)9-16-13(17)14(2,3)11-5-7-12(15)8-6-11/h5-8,10H,9,15H2,1-4H3,(H,16,17). The predicted molar refractivity (Wildman–Crippen MR) is 73.4 cm³/mol. The Morgan fingerprint density at radius 1 is 1.39 bits per heavy atom. The number of methoxy groups -OCH3 is 1. The fourth-order valence-electron chi connectivity index (χ4n) is 1.57. The van der Waals surface area contributed by atoms with E-state index in [0.717, 1.165) is 5.56 Å². The van der Waals surface area contributed by atoms with Crippen LogP contribution >= 0.6 is 0 Å². The fourth-order valence-corrected chi connectivity index (χ4v) is 1.57. The molecule has 1 rings (SSSR count). The number of hydrogen-bond acceptors (Lipinski definition) is 3. The summed E-state index contributed by atoms with van der Waals surface area (Å²) in [6, 6.07) is 7.38. The first-order valence-corrected chi connectivity index (χ1v) is 6.05. The minimum absolute atomic E-state index is 0.0103. The average Bonchev–Trinajstić information content (AvgIpc) is 2.35. The van der Waals surface area contributed by atoms with Crippen molar-refractivity contribution < 1.29 is 9.53 Å². The van der Waals surface area contributed by atoms with Gasteiger partial charge < -0.3 is 15.8 Å². The summed E-state index contributed by atoms with van der Waals surface area (Å²) in [6.07, 6.45) is 0.0103. The lowest BCUT2D eigenvalue weighted by Crippen LogP contribution is -2.43. The van der Waals surface area contributed by atoms with Crippen LogP contribution in [0.3, 0.4) is 0 Å². The number of ether oxygens (including phenoxy) is 1. The van der Waals surface area contributed by atoms with E-state index in [4.69, 9.17) is 10.5 Å². The van der Waals surface area contributed by atoms with Crippen molar-refractivity contribution in [3.8, 4) is 0 Å². The first kappa shape index (κ1) is 14.5. The lowest BCUT2D eigenvalue weighted by molar-refractivity contribution is -0.126. The highest BCUT2D eigenvalue weighted by atomic mass is 16.5. The van der Waals surface area contributed by atoms with Crippen molar-refractivity contribution in [3.63, 3.8) is 0 Å². The fraction of sp³-hybridized carbons (Fsp3) is 0.500. The second-order valence-electron chi connectivity index (χ2n) is 5.00. The largest absolute Gasteiger partial charge is 0.399 e. The quantitative estimate of drug-likeness (QED) is 0.782. The molecule has 0 aromatic heterocycles. The number of carbonyl (C=O) groups excluding carboxylic acids is 1. The van der Waals surface area contributed by atoms with E-state index in [-0.39, 0.29) is 12.0 Å². The van der Waals surface area contributed by atoms with Gasteiger partial charge in [-0.1, -0.05) is 12.1 Å². The van der Waals surface area contributed by atoms with Crippen LogP contribution < -0.4 is 11.1 Å². The summed E-state index contributed by atoms with van der Waals surface area (Å²) < 4.78 is 5.10. The van der Waals surface area contributed by atoms with Crippen molar-refractivity contribution in [2.24, 2.45) is 0 Å². The Bertz CT molecular complexity index is 399. The number of carbonyl (C=O) groups is 1. The molecular weight excluding hydrogens is 228 g/mol. The van der Waals surface area contributed by atoms with Gasteiger partial charge in [-0.05, 0) is 38.5 Å². The number of benzene rings is 1. The predicted octanol–water partition coefficient (Wildman–Crippen LogP) is 1.70. The van der Waals surface area contributed by atoms with Crippen LogP contribution in [0.5, 0.6) is 0 Å². The zero-order valence-corrected chi connectivity index (χ0v) is 11.5. The molecule has 1 aromatic carbocycles. The molecule has 0 fully saturated rings. The molecule has 0 aliphatic carbocycles. The molecule has 0 radical (unpaired) electrons.